The quantitative estimate of drug-likeness (QED) is 0.563. The van der Waals surface area contributed by atoms with Crippen LogP contribution in [-0.4, -0.2) is 17.9 Å². The Balaban J connectivity index is 1.20. The van der Waals surface area contributed by atoms with Crippen LogP contribution in [0.3, 0.4) is 0 Å². The Morgan fingerprint density at radius 3 is 2.54 bits per heavy atom. The fraction of sp³-hybridized carbons (Fsp3) is 0.484. The van der Waals surface area contributed by atoms with Gasteiger partial charge in [-0.05, 0) is 91.0 Å². The Hall–Kier alpha value is -2.88. The topological polar surface area (TPSA) is 58.2 Å². The molecule has 182 valence electrons. The van der Waals surface area contributed by atoms with E-state index in [2.05, 4.69) is 54.8 Å². The summed E-state index contributed by atoms with van der Waals surface area (Å²) in [6.07, 6.45) is 10.5. The van der Waals surface area contributed by atoms with Crippen molar-refractivity contribution in [2.75, 3.05) is 5.32 Å². The van der Waals surface area contributed by atoms with Crippen LogP contribution >= 0.6 is 0 Å². The van der Waals surface area contributed by atoms with Crippen LogP contribution in [0, 0.1) is 34.5 Å². The number of benzene rings is 2. The molecule has 3 saturated carbocycles. The molecule has 4 aliphatic rings. The fourth-order valence-electron chi connectivity index (χ4n) is 8.40. The van der Waals surface area contributed by atoms with E-state index >= 15 is 0 Å². The number of anilines is 1. The van der Waals surface area contributed by atoms with Crippen molar-refractivity contribution in [1.29, 1.82) is 0 Å². The monoisotopic (exact) mass is 468 g/mol. The minimum Gasteiger partial charge on any atom is -0.349 e. The molecule has 0 aromatic heterocycles. The van der Waals surface area contributed by atoms with Gasteiger partial charge in [-0.1, -0.05) is 62.4 Å². The molecule has 0 radical (unpaired) electrons. The SMILES string of the molecule is C[C@]12C=CC(=O)NC1CCC1C2CC[C@@]2(C)C1CC[C@@H]2C(=O)Nc1cccc(-c2ccccc2)c1. The van der Waals surface area contributed by atoms with Gasteiger partial charge >= 0.3 is 0 Å². The molecule has 2 aromatic carbocycles. The first kappa shape index (κ1) is 22.6. The summed E-state index contributed by atoms with van der Waals surface area (Å²) in [4.78, 5) is 25.6. The normalized spacial score (nSPS) is 37.5. The molecule has 4 heteroatoms. The van der Waals surface area contributed by atoms with Crippen LogP contribution in [0.4, 0.5) is 5.69 Å². The molecule has 3 fully saturated rings. The third-order valence-corrected chi connectivity index (χ3v) is 10.2. The van der Waals surface area contributed by atoms with Gasteiger partial charge in [-0.2, -0.15) is 0 Å². The summed E-state index contributed by atoms with van der Waals surface area (Å²) >= 11 is 0. The third kappa shape index (κ3) is 3.64. The van der Waals surface area contributed by atoms with Crippen molar-refractivity contribution in [2.45, 2.75) is 58.4 Å². The molecule has 1 heterocycles. The molecular formula is C31H36N2O2. The van der Waals surface area contributed by atoms with Crippen molar-refractivity contribution >= 4 is 17.5 Å². The molecule has 0 bridgehead atoms. The molecule has 7 atom stereocenters. The van der Waals surface area contributed by atoms with Gasteiger partial charge in [0.2, 0.25) is 11.8 Å². The van der Waals surface area contributed by atoms with E-state index in [9.17, 15) is 9.59 Å². The number of hydrogen-bond donors (Lipinski definition) is 2. The zero-order chi connectivity index (χ0) is 24.2. The fourth-order valence-corrected chi connectivity index (χ4v) is 8.40. The highest BCUT2D eigenvalue weighted by Gasteiger charge is 2.60. The van der Waals surface area contributed by atoms with Crippen LogP contribution in [0.5, 0.6) is 0 Å². The minimum absolute atomic E-state index is 0.0381. The predicted molar refractivity (Wildman–Crippen MR) is 139 cm³/mol. The van der Waals surface area contributed by atoms with Gasteiger partial charge in [-0.3, -0.25) is 9.59 Å². The Morgan fingerprint density at radius 2 is 1.71 bits per heavy atom. The van der Waals surface area contributed by atoms with Crippen molar-refractivity contribution in [3.05, 3.63) is 66.7 Å². The van der Waals surface area contributed by atoms with E-state index in [0.29, 0.717) is 17.8 Å². The van der Waals surface area contributed by atoms with Gasteiger partial charge < -0.3 is 10.6 Å². The molecule has 4 nitrogen and oxygen atoms in total. The van der Waals surface area contributed by atoms with Crippen LogP contribution < -0.4 is 10.6 Å². The van der Waals surface area contributed by atoms with Gasteiger partial charge in [0.15, 0.2) is 0 Å². The highest BCUT2D eigenvalue weighted by Crippen LogP contribution is 2.65. The number of nitrogens with one attached hydrogen (secondary N) is 2. The minimum atomic E-state index is 0.0381. The third-order valence-electron chi connectivity index (χ3n) is 10.2. The van der Waals surface area contributed by atoms with Crippen molar-refractivity contribution in [2.24, 2.45) is 34.5 Å². The maximum absolute atomic E-state index is 13.6. The van der Waals surface area contributed by atoms with Gasteiger partial charge in [0.25, 0.3) is 0 Å². The zero-order valence-corrected chi connectivity index (χ0v) is 20.8. The van der Waals surface area contributed by atoms with E-state index in [-0.39, 0.29) is 34.6 Å². The average molecular weight is 469 g/mol. The van der Waals surface area contributed by atoms with Crippen molar-refractivity contribution in [1.82, 2.24) is 5.32 Å². The summed E-state index contributed by atoms with van der Waals surface area (Å²) in [5.74, 6) is 2.09. The van der Waals surface area contributed by atoms with Crippen LogP contribution in [0.25, 0.3) is 11.1 Å². The Labute approximate surface area is 208 Å². The first-order valence-electron chi connectivity index (χ1n) is 13.3. The van der Waals surface area contributed by atoms with Crippen LogP contribution in [-0.2, 0) is 9.59 Å². The van der Waals surface area contributed by atoms with Gasteiger partial charge in [-0.15, -0.1) is 0 Å². The maximum Gasteiger partial charge on any atom is 0.243 e. The molecule has 35 heavy (non-hydrogen) atoms. The summed E-state index contributed by atoms with van der Waals surface area (Å²) < 4.78 is 0. The molecule has 0 spiro atoms. The maximum atomic E-state index is 13.6. The molecule has 1 aliphatic heterocycles. The lowest BCUT2D eigenvalue weighted by Crippen LogP contribution is -2.59. The van der Waals surface area contributed by atoms with E-state index in [1.54, 1.807) is 6.08 Å². The lowest BCUT2D eigenvalue weighted by Gasteiger charge is -2.58. The average Bonchev–Trinajstić information content (AvgIpc) is 3.22. The second-order valence-corrected chi connectivity index (χ2v) is 11.8. The summed E-state index contributed by atoms with van der Waals surface area (Å²) in [6.45, 7) is 4.74. The van der Waals surface area contributed by atoms with Crippen molar-refractivity contribution in [3.8, 4) is 11.1 Å². The second-order valence-electron chi connectivity index (χ2n) is 11.8. The zero-order valence-electron chi connectivity index (χ0n) is 20.8. The molecule has 0 saturated heterocycles. The van der Waals surface area contributed by atoms with Crippen molar-refractivity contribution in [3.63, 3.8) is 0 Å². The smallest absolute Gasteiger partial charge is 0.243 e. The highest BCUT2D eigenvalue weighted by molar-refractivity contribution is 5.94. The van der Waals surface area contributed by atoms with Gasteiger partial charge in [0.05, 0.1) is 0 Å². The lowest BCUT2D eigenvalue weighted by molar-refractivity contribution is -0.129. The van der Waals surface area contributed by atoms with Crippen molar-refractivity contribution < 1.29 is 9.59 Å². The Morgan fingerprint density at radius 1 is 0.914 bits per heavy atom. The number of carbonyl (C=O) groups excluding carboxylic acids is 2. The van der Waals surface area contributed by atoms with Crippen LogP contribution in [0.2, 0.25) is 0 Å². The van der Waals surface area contributed by atoms with Gasteiger partial charge in [0.1, 0.15) is 0 Å². The summed E-state index contributed by atoms with van der Waals surface area (Å²) in [5, 5.41) is 6.53. The van der Waals surface area contributed by atoms with E-state index in [1.807, 2.05) is 30.3 Å². The van der Waals surface area contributed by atoms with E-state index in [4.69, 9.17) is 0 Å². The molecule has 2 amide bonds. The first-order valence-corrected chi connectivity index (χ1v) is 13.3. The van der Waals surface area contributed by atoms with E-state index in [0.717, 1.165) is 55.3 Å². The van der Waals surface area contributed by atoms with Gasteiger partial charge in [0, 0.05) is 23.1 Å². The Bertz CT molecular complexity index is 1170. The van der Waals surface area contributed by atoms with Gasteiger partial charge in [-0.25, -0.2) is 0 Å². The van der Waals surface area contributed by atoms with Crippen LogP contribution in [0.1, 0.15) is 52.4 Å². The molecule has 4 unspecified atom stereocenters. The molecular weight excluding hydrogens is 432 g/mol. The Kier molecular flexibility index (Phi) is 5.39. The lowest BCUT2D eigenvalue weighted by atomic mass is 9.48. The number of carbonyl (C=O) groups is 2. The standard InChI is InChI=1S/C31H36N2O2/c1-30-17-15-25-23(11-14-27-31(25,2)18-16-28(34)33-27)24(30)12-13-26(30)29(35)32-22-10-6-9-21(19-22)20-7-4-3-5-8-20/h3-10,16,18-19,23-27H,11-15,17H2,1-2H3,(H,32,35)(H,33,34)/t23?,24?,25?,26-,27?,30+,31-/m1/s1. The van der Waals surface area contributed by atoms with E-state index in [1.165, 1.54) is 0 Å². The molecule has 3 aliphatic carbocycles. The summed E-state index contributed by atoms with van der Waals surface area (Å²) in [6, 6.07) is 18.8. The van der Waals surface area contributed by atoms with E-state index < -0.39 is 0 Å². The largest absolute Gasteiger partial charge is 0.349 e. The molecule has 2 aromatic rings. The number of fused-ring (bicyclic) bond motifs is 5. The first-order chi connectivity index (χ1) is 16.9. The second kappa shape index (κ2) is 8.36. The number of amides is 2. The number of rotatable bonds is 3. The molecule has 6 rings (SSSR count). The highest BCUT2D eigenvalue weighted by atomic mass is 16.2. The summed E-state index contributed by atoms with van der Waals surface area (Å²) in [7, 11) is 0. The number of hydrogen-bond acceptors (Lipinski definition) is 2. The summed E-state index contributed by atoms with van der Waals surface area (Å²) in [5.41, 5.74) is 3.25. The van der Waals surface area contributed by atoms with Crippen LogP contribution in [0.15, 0.2) is 66.7 Å². The predicted octanol–water partition coefficient (Wildman–Crippen LogP) is 6.21. The molecule has 2 N–H and O–H groups in total.